The van der Waals surface area contributed by atoms with Crippen LogP contribution >= 0.6 is 11.6 Å². The predicted molar refractivity (Wildman–Crippen MR) is 103 cm³/mol. The number of fused-ring (bicyclic) bond motifs is 1. The average Bonchev–Trinajstić information content (AvgIpc) is 3.27. The summed E-state index contributed by atoms with van der Waals surface area (Å²) in [6.45, 7) is 2.35. The smallest absolute Gasteiger partial charge is 0.247 e. The minimum Gasteiger partial charge on any atom is -0.421 e. The van der Waals surface area contributed by atoms with Crippen molar-refractivity contribution in [3.63, 3.8) is 0 Å². The zero-order valence-electron chi connectivity index (χ0n) is 14.6. The first-order valence-electron chi connectivity index (χ1n) is 8.49. The normalized spacial score (nSPS) is 11.0. The number of carbonyl (C=O) groups excluding carboxylic acids is 1. The van der Waals surface area contributed by atoms with E-state index in [4.69, 9.17) is 16.0 Å². The molecular formula is C20H17ClN4O2. The van der Waals surface area contributed by atoms with Crippen molar-refractivity contribution in [3.8, 4) is 11.5 Å². The topological polar surface area (TPSA) is 73.0 Å². The Bertz CT molecular complexity index is 1120. The van der Waals surface area contributed by atoms with Crippen molar-refractivity contribution < 1.29 is 9.21 Å². The van der Waals surface area contributed by atoms with Crippen molar-refractivity contribution in [3.05, 3.63) is 71.2 Å². The summed E-state index contributed by atoms with van der Waals surface area (Å²) in [5.74, 6) is 0.885. The van der Waals surface area contributed by atoms with Crippen LogP contribution < -0.4 is 5.32 Å². The fourth-order valence-corrected chi connectivity index (χ4v) is 3.12. The highest BCUT2D eigenvalue weighted by Crippen LogP contribution is 2.24. The van der Waals surface area contributed by atoms with E-state index in [-0.39, 0.29) is 12.5 Å². The van der Waals surface area contributed by atoms with Crippen LogP contribution in [0.1, 0.15) is 11.5 Å². The second-order valence-electron chi connectivity index (χ2n) is 6.21. The summed E-state index contributed by atoms with van der Waals surface area (Å²) in [5.41, 5.74) is 2.63. The van der Waals surface area contributed by atoms with E-state index in [1.165, 1.54) is 0 Å². The maximum absolute atomic E-state index is 12.4. The molecule has 2 heterocycles. The number of halogens is 1. The fourth-order valence-electron chi connectivity index (χ4n) is 2.91. The molecule has 4 rings (SSSR count). The van der Waals surface area contributed by atoms with E-state index in [1.54, 1.807) is 6.92 Å². The number of benzene rings is 2. The molecule has 0 aliphatic heterocycles. The Hall–Kier alpha value is -3.12. The number of amides is 1. The highest BCUT2D eigenvalue weighted by Gasteiger charge is 2.11. The molecule has 4 aromatic rings. The van der Waals surface area contributed by atoms with Gasteiger partial charge in [-0.1, -0.05) is 35.9 Å². The third kappa shape index (κ3) is 3.71. The molecule has 0 unspecified atom stereocenters. The lowest BCUT2D eigenvalue weighted by molar-refractivity contribution is -0.121. The van der Waals surface area contributed by atoms with Crippen LogP contribution in [0.4, 0.5) is 0 Å². The molecule has 0 fully saturated rings. The van der Waals surface area contributed by atoms with Crippen LogP contribution in [0.2, 0.25) is 5.02 Å². The minimum absolute atomic E-state index is 0.0912. The third-order valence-electron chi connectivity index (χ3n) is 4.29. The maximum atomic E-state index is 12.4. The van der Waals surface area contributed by atoms with Gasteiger partial charge in [0.25, 0.3) is 0 Å². The van der Waals surface area contributed by atoms with Crippen LogP contribution in [0.5, 0.6) is 0 Å². The van der Waals surface area contributed by atoms with Gasteiger partial charge in [-0.2, -0.15) is 0 Å². The van der Waals surface area contributed by atoms with E-state index in [1.807, 2.05) is 59.3 Å². The van der Waals surface area contributed by atoms with Crippen molar-refractivity contribution in [2.45, 2.75) is 20.0 Å². The van der Waals surface area contributed by atoms with E-state index in [0.717, 1.165) is 22.0 Å². The van der Waals surface area contributed by atoms with Crippen molar-refractivity contribution in [2.75, 3.05) is 0 Å². The molecule has 7 heteroatoms. The number of aryl methyl sites for hydroxylation is 1. The number of hydrogen-bond donors (Lipinski definition) is 1. The Labute approximate surface area is 160 Å². The molecule has 1 N–H and O–H groups in total. The van der Waals surface area contributed by atoms with E-state index in [2.05, 4.69) is 15.5 Å². The molecule has 0 radical (unpaired) electrons. The summed E-state index contributed by atoms with van der Waals surface area (Å²) in [6, 6.07) is 15.3. The van der Waals surface area contributed by atoms with Crippen LogP contribution in [-0.4, -0.2) is 20.7 Å². The number of nitrogens with one attached hydrogen (secondary N) is 1. The lowest BCUT2D eigenvalue weighted by Gasteiger charge is -2.09. The molecule has 0 bridgehead atoms. The summed E-state index contributed by atoms with van der Waals surface area (Å²) in [5, 5.41) is 12.5. The average molecular weight is 381 g/mol. The molecule has 2 aromatic carbocycles. The SMILES string of the molecule is Cc1nnc(-c2ccc3ccn(CC(=O)NCc4ccccc4Cl)c3c2)o1. The summed E-state index contributed by atoms with van der Waals surface area (Å²) in [7, 11) is 0. The lowest BCUT2D eigenvalue weighted by atomic mass is 10.1. The zero-order chi connectivity index (χ0) is 18.8. The van der Waals surface area contributed by atoms with Gasteiger partial charge in [-0.3, -0.25) is 4.79 Å². The highest BCUT2D eigenvalue weighted by molar-refractivity contribution is 6.31. The third-order valence-corrected chi connectivity index (χ3v) is 4.66. The highest BCUT2D eigenvalue weighted by atomic mass is 35.5. The van der Waals surface area contributed by atoms with Crippen LogP contribution in [0.3, 0.4) is 0 Å². The van der Waals surface area contributed by atoms with Crippen molar-refractivity contribution in [1.29, 1.82) is 0 Å². The number of carbonyl (C=O) groups is 1. The summed E-state index contributed by atoms with van der Waals surface area (Å²) < 4.78 is 7.38. The van der Waals surface area contributed by atoms with Gasteiger partial charge in [-0.05, 0) is 35.2 Å². The molecule has 0 aliphatic carbocycles. The Morgan fingerprint density at radius 2 is 2.04 bits per heavy atom. The largest absolute Gasteiger partial charge is 0.421 e. The first-order chi connectivity index (χ1) is 13.1. The monoisotopic (exact) mass is 380 g/mol. The lowest BCUT2D eigenvalue weighted by Crippen LogP contribution is -2.26. The molecule has 0 spiro atoms. The zero-order valence-corrected chi connectivity index (χ0v) is 15.4. The number of aromatic nitrogens is 3. The van der Waals surface area contributed by atoms with Gasteiger partial charge in [0.2, 0.25) is 17.7 Å². The van der Waals surface area contributed by atoms with E-state index >= 15 is 0 Å². The van der Waals surface area contributed by atoms with Crippen molar-refractivity contribution in [2.24, 2.45) is 0 Å². The fraction of sp³-hybridized carbons (Fsp3) is 0.150. The molecule has 0 saturated carbocycles. The first kappa shape index (κ1) is 17.3. The van der Waals surface area contributed by atoms with Crippen molar-refractivity contribution in [1.82, 2.24) is 20.1 Å². The van der Waals surface area contributed by atoms with Crippen LogP contribution in [-0.2, 0) is 17.9 Å². The van der Waals surface area contributed by atoms with Gasteiger partial charge in [-0.15, -0.1) is 10.2 Å². The molecule has 2 aromatic heterocycles. The second kappa shape index (κ2) is 7.25. The van der Waals surface area contributed by atoms with Crippen LogP contribution in [0.25, 0.3) is 22.4 Å². The van der Waals surface area contributed by atoms with Gasteiger partial charge in [0.15, 0.2) is 0 Å². The Balaban J connectivity index is 1.51. The predicted octanol–water partition coefficient (Wildman–Crippen LogP) is 3.97. The van der Waals surface area contributed by atoms with Gasteiger partial charge in [0.1, 0.15) is 6.54 Å². The maximum Gasteiger partial charge on any atom is 0.247 e. The molecule has 0 atom stereocenters. The summed E-state index contributed by atoms with van der Waals surface area (Å²) >= 11 is 6.13. The quantitative estimate of drug-likeness (QED) is 0.568. The van der Waals surface area contributed by atoms with Gasteiger partial charge in [-0.25, -0.2) is 0 Å². The van der Waals surface area contributed by atoms with Crippen LogP contribution in [0.15, 0.2) is 59.1 Å². The van der Waals surface area contributed by atoms with Gasteiger partial charge < -0.3 is 14.3 Å². The first-order valence-corrected chi connectivity index (χ1v) is 8.87. The van der Waals surface area contributed by atoms with Gasteiger partial charge >= 0.3 is 0 Å². The van der Waals surface area contributed by atoms with E-state index < -0.39 is 0 Å². The van der Waals surface area contributed by atoms with E-state index in [0.29, 0.717) is 23.3 Å². The molecule has 6 nitrogen and oxygen atoms in total. The minimum atomic E-state index is -0.0912. The standard InChI is InChI=1S/C20H17ClN4O2/c1-13-23-24-20(27-13)15-7-6-14-8-9-25(18(14)10-15)12-19(26)22-11-16-4-2-3-5-17(16)21/h2-10H,11-12H2,1H3,(H,22,26). The van der Waals surface area contributed by atoms with Gasteiger partial charge in [0, 0.05) is 35.8 Å². The Morgan fingerprint density at radius 1 is 1.19 bits per heavy atom. The number of hydrogen-bond acceptors (Lipinski definition) is 4. The van der Waals surface area contributed by atoms with Gasteiger partial charge in [0.05, 0.1) is 0 Å². The summed E-state index contributed by atoms with van der Waals surface area (Å²) in [4.78, 5) is 12.4. The molecule has 27 heavy (non-hydrogen) atoms. The molecular weight excluding hydrogens is 364 g/mol. The molecule has 0 saturated heterocycles. The number of nitrogens with zero attached hydrogens (tertiary/aromatic N) is 3. The van der Waals surface area contributed by atoms with Crippen LogP contribution in [0, 0.1) is 6.92 Å². The van der Waals surface area contributed by atoms with E-state index in [9.17, 15) is 4.79 Å². The Kier molecular flexibility index (Phi) is 4.64. The molecule has 0 aliphatic rings. The summed E-state index contributed by atoms with van der Waals surface area (Å²) in [6.07, 6.45) is 1.89. The Morgan fingerprint density at radius 3 is 2.81 bits per heavy atom. The molecule has 1 amide bonds. The van der Waals surface area contributed by atoms with Crippen molar-refractivity contribution >= 4 is 28.4 Å². The second-order valence-corrected chi connectivity index (χ2v) is 6.62. The molecule has 136 valence electrons. The number of rotatable bonds is 5.